The molecule has 0 spiro atoms. The molecule has 0 unspecified atom stereocenters. The van der Waals surface area contributed by atoms with Crippen molar-refractivity contribution in [3.05, 3.63) is 29.3 Å². The molecule has 0 aliphatic heterocycles. The van der Waals surface area contributed by atoms with Crippen LogP contribution in [-0.2, 0) is 23.0 Å². The molecule has 0 radical (unpaired) electrons. The monoisotopic (exact) mass is 462 g/mol. The first-order chi connectivity index (χ1) is 14.5. The predicted octanol–water partition coefficient (Wildman–Crippen LogP) is 3.81. The fourth-order valence-corrected chi connectivity index (χ4v) is 4.22. The van der Waals surface area contributed by atoms with Crippen LogP contribution >= 0.6 is 0 Å². The van der Waals surface area contributed by atoms with Gasteiger partial charge in [-0.3, -0.25) is 0 Å². The summed E-state index contributed by atoms with van der Waals surface area (Å²) in [5.74, 6) is 0.481. The zero-order valence-corrected chi connectivity index (χ0v) is 23.1. The van der Waals surface area contributed by atoms with Crippen molar-refractivity contribution >= 4 is 10.1 Å². The minimum Gasteiger partial charge on any atom is -0.748 e. The Hall–Kier alpha value is -0.0700. The molecule has 174 valence electrons. The number of unbranched alkanes of at least 4 members (excludes halogenated alkanes) is 10. The third-order valence-electron chi connectivity index (χ3n) is 5.54. The summed E-state index contributed by atoms with van der Waals surface area (Å²) in [6.45, 7) is 4.74. The van der Waals surface area contributed by atoms with Gasteiger partial charge in [0.05, 0.1) is 16.7 Å². The molecule has 31 heavy (non-hydrogen) atoms. The predicted molar refractivity (Wildman–Crippen MR) is 125 cm³/mol. The Morgan fingerprint density at radius 1 is 0.774 bits per heavy atom. The molecule has 0 bridgehead atoms. The van der Waals surface area contributed by atoms with Crippen molar-refractivity contribution in [3.63, 3.8) is 0 Å². The molecule has 1 aromatic rings. The van der Waals surface area contributed by atoms with Crippen LogP contribution in [0.3, 0.4) is 0 Å². The van der Waals surface area contributed by atoms with Gasteiger partial charge >= 0.3 is 29.6 Å². The van der Waals surface area contributed by atoms with Crippen molar-refractivity contribution in [1.82, 2.24) is 0 Å². The fraction of sp³-hybridized carbons (Fsp3) is 0.760. The molecule has 0 fully saturated rings. The zero-order chi connectivity index (χ0) is 22.1. The van der Waals surface area contributed by atoms with Gasteiger partial charge in [0.25, 0.3) is 0 Å². The molecule has 0 aliphatic carbocycles. The molecule has 1 rings (SSSR count). The van der Waals surface area contributed by atoms with E-state index >= 15 is 0 Å². The number of aryl methyl sites for hydroxylation is 2. The molecule has 0 aliphatic rings. The fourth-order valence-electron chi connectivity index (χ4n) is 3.75. The summed E-state index contributed by atoms with van der Waals surface area (Å²) < 4.78 is 38.2. The summed E-state index contributed by atoms with van der Waals surface area (Å²) in [7, 11) is -4.17. The maximum atomic E-state index is 10.8. The Balaban J connectivity index is 0.00000900. The van der Waals surface area contributed by atoms with Gasteiger partial charge in [-0.1, -0.05) is 90.2 Å². The number of hydrogen-bond acceptors (Lipinski definition) is 4. The van der Waals surface area contributed by atoms with Crippen LogP contribution in [0.4, 0.5) is 0 Å². The van der Waals surface area contributed by atoms with Crippen molar-refractivity contribution < 1.29 is 47.3 Å². The van der Waals surface area contributed by atoms with E-state index in [0.29, 0.717) is 0 Å². The molecule has 1 aromatic carbocycles. The third-order valence-corrected chi connectivity index (χ3v) is 6.33. The summed E-state index contributed by atoms with van der Waals surface area (Å²) in [4.78, 5) is 0. The molecule has 0 N–H and O–H groups in total. The molecule has 0 amide bonds. The molecular weight excluding hydrogens is 419 g/mol. The van der Waals surface area contributed by atoms with Crippen molar-refractivity contribution in [3.8, 4) is 5.75 Å². The summed E-state index contributed by atoms with van der Waals surface area (Å²) in [6, 6.07) is 6.44. The number of benzene rings is 1. The number of hydrogen-bond donors (Lipinski definition) is 0. The second-order valence-corrected chi connectivity index (χ2v) is 9.97. The van der Waals surface area contributed by atoms with Gasteiger partial charge < -0.3 is 9.29 Å². The van der Waals surface area contributed by atoms with Crippen LogP contribution < -0.4 is 34.3 Å². The average molecular weight is 463 g/mol. The van der Waals surface area contributed by atoms with E-state index in [0.717, 1.165) is 25.0 Å². The quantitative estimate of drug-likeness (QED) is 0.178. The van der Waals surface area contributed by atoms with Gasteiger partial charge in [0, 0.05) is 5.75 Å². The van der Waals surface area contributed by atoms with Crippen LogP contribution in [0.2, 0.25) is 0 Å². The van der Waals surface area contributed by atoms with Crippen molar-refractivity contribution in [1.29, 1.82) is 0 Å². The third kappa shape index (κ3) is 17.1. The summed E-state index contributed by atoms with van der Waals surface area (Å²) >= 11 is 0. The van der Waals surface area contributed by atoms with Crippen LogP contribution in [0.25, 0.3) is 0 Å². The van der Waals surface area contributed by atoms with Gasteiger partial charge in [0.1, 0.15) is 5.75 Å². The Morgan fingerprint density at radius 2 is 1.32 bits per heavy atom. The molecule has 4 nitrogen and oxygen atoms in total. The Bertz CT molecular complexity index is 661. The van der Waals surface area contributed by atoms with Gasteiger partial charge in [0.2, 0.25) is 0 Å². The van der Waals surface area contributed by atoms with Crippen LogP contribution in [0, 0.1) is 0 Å². The van der Waals surface area contributed by atoms with Gasteiger partial charge in [-0.15, -0.1) is 0 Å². The normalized spacial score (nSPS) is 11.3. The van der Waals surface area contributed by atoms with E-state index in [1.807, 2.05) is 6.07 Å². The molecule has 0 heterocycles. The smallest absolute Gasteiger partial charge is 0.748 e. The van der Waals surface area contributed by atoms with Crippen LogP contribution in [-0.4, -0.2) is 25.3 Å². The van der Waals surface area contributed by atoms with Crippen molar-refractivity contribution in [2.45, 2.75) is 110 Å². The van der Waals surface area contributed by atoms with E-state index in [1.165, 1.54) is 81.8 Å². The van der Waals surface area contributed by atoms with Gasteiger partial charge in [-0.25, -0.2) is 8.42 Å². The standard InChI is InChI=1S/C25H44O4S.Na/c1-3-5-7-9-11-13-16-23-18-19-25(29-20-15-21-30(26,27)28)24(22-23)17-14-12-10-8-6-4-2;/h18-19,22H,3-17,20-21H2,1-2H3,(H,26,27,28);/q;+1/p-1. The second kappa shape index (κ2) is 19.4. The molecular formula is C25H43NaO4S. The first-order valence-corrected chi connectivity index (χ1v) is 13.7. The SMILES string of the molecule is CCCCCCCCc1ccc(OCCCS(=O)(=O)[O-])c(CCCCCCCC)c1.[Na+]. The first kappa shape index (κ1) is 30.9. The Kier molecular flexibility index (Phi) is 19.4. The summed E-state index contributed by atoms with van der Waals surface area (Å²) in [5.41, 5.74) is 2.58. The minimum atomic E-state index is -4.17. The summed E-state index contributed by atoms with van der Waals surface area (Å²) in [6.07, 6.45) is 17.7. The molecule has 0 aromatic heterocycles. The van der Waals surface area contributed by atoms with Crippen LogP contribution in [0.15, 0.2) is 18.2 Å². The largest absolute Gasteiger partial charge is 1.00 e. The van der Waals surface area contributed by atoms with Crippen LogP contribution in [0.5, 0.6) is 5.75 Å². The molecule has 0 atom stereocenters. The van der Waals surface area contributed by atoms with Crippen molar-refractivity contribution in [2.24, 2.45) is 0 Å². The van der Waals surface area contributed by atoms with Crippen LogP contribution in [0.1, 0.15) is 108 Å². The molecule has 0 saturated heterocycles. The first-order valence-electron chi connectivity index (χ1n) is 12.1. The topological polar surface area (TPSA) is 66.4 Å². The maximum Gasteiger partial charge on any atom is 1.00 e. The molecule has 0 saturated carbocycles. The second-order valence-electron chi connectivity index (χ2n) is 8.44. The van der Waals surface area contributed by atoms with E-state index in [9.17, 15) is 13.0 Å². The molecule has 6 heteroatoms. The Morgan fingerprint density at radius 3 is 1.90 bits per heavy atom. The van der Waals surface area contributed by atoms with E-state index in [2.05, 4.69) is 26.0 Å². The maximum absolute atomic E-state index is 10.8. The Labute approximate surface area is 214 Å². The van der Waals surface area contributed by atoms with Gasteiger partial charge in [-0.05, 0) is 49.3 Å². The van der Waals surface area contributed by atoms with E-state index in [1.54, 1.807) is 0 Å². The number of ether oxygens (including phenoxy) is 1. The van der Waals surface area contributed by atoms with Gasteiger partial charge in [0.15, 0.2) is 0 Å². The zero-order valence-electron chi connectivity index (χ0n) is 20.3. The van der Waals surface area contributed by atoms with E-state index < -0.39 is 10.1 Å². The average Bonchev–Trinajstić information content (AvgIpc) is 2.71. The van der Waals surface area contributed by atoms with E-state index in [-0.39, 0.29) is 48.3 Å². The van der Waals surface area contributed by atoms with Gasteiger partial charge in [-0.2, -0.15) is 0 Å². The minimum absolute atomic E-state index is 0. The summed E-state index contributed by atoms with van der Waals surface area (Å²) in [5, 5.41) is 0. The van der Waals surface area contributed by atoms with E-state index in [4.69, 9.17) is 4.74 Å². The number of rotatable bonds is 19. The van der Waals surface area contributed by atoms with Crippen molar-refractivity contribution in [2.75, 3.05) is 12.4 Å².